The summed E-state index contributed by atoms with van der Waals surface area (Å²) in [6.07, 6.45) is -3.86. The van der Waals surface area contributed by atoms with Crippen LogP contribution in [0.3, 0.4) is 0 Å². The van der Waals surface area contributed by atoms with Crippen molar-refractivity contribution in [1.82, 2.24) is 5.32 Å². The maximum Gasteiger partial charge on any atom is 0.411 e. The third-order valence-corrected chi connectivity index (χ3v) is 6.53. The fourth-order valence-electron chi connectivity index (χ4n) is 4.30. The van der Waals surface area contributed by atoms with E-state index in [1.165, 1.54) is 0 Å². The predicted octanol–water partition coefficient (Wildman–Crippen LogP) is 6.32. The van der Waals surface area contributed by atoms with Crippen LogP contribution >= 0.6 is 23.2 Å². The summed E-state index contributed by atoms with van der Waals surface area (Å²) in [6.45, 7) is -1.31. The molecule has 32 heavy (non-hydrogen) atoms. The molecule has 4 rings (SSSR count). The number of ether oxygens (including phenoxy) is 1. The number of nitrogens with one attached hydrogen (secondary N) is 1. The molecule has 2 N–H and O–H groups in total. The van der Waals surface area contributed by atoms with E-state index in [1.54, 1.807) is 30.3 Å². The molecule has 0 saturated heterocycles. The summed E-state index contributed by atoms with van der Waals surface area (Å²) in [6, 6.07) is 12.4. The fourth-order valence-corrected chi connectivity index (χ4v) is 4.64. The Labute approximate surface area is 193 Å². The van der Waals surface area contributed by atoms with Gasteiger partial charge in [-0.3, -0.25) is 4.79 Å². The van der Waals surface area contributed by atoms with Gasteiger partial charge in [0, 0.05) is 15.6 Å². The number of carbonyl (C=O) groups is 1. The lowest BCUT2D eigenvalue weighted by Crippen LogP contribution is -2.48. The van der Waals surface area contributed by atoms with E-state index < -0.39 is 30.3 Å². The molecule has 170 valence electrons. The first-order valence-electron chi connectivity index (χ1n) is 10.1. The van der Waals surface area contributed by atoms with Gasteiger partial charge in [-0.15, -0.1) is 0 Å². The zero-order valence-corrected chi connectivity index (χ0v) is 18.3. The lowest BCUT2D eigenvalue weighted by atomic mass is 9.79. The number of hydrogen-bond acceptors (Lipinski definition) is 3. The number of hydrogen-bond donors (Lipinski definition) is 2. The Hall–Kier alpha value is -2.22. The summed E-state index contributed by atoms with van der Waals surface area (Å²) in [5.41, 5.74) is 1.11. The van der Waals surface area contributed by atoms with Crippen LogP contribution < -0.4 is 5.32 Å². The van der Waals surface area contributed by atoms with Gasteiger partial charge in [0.25, 0.3) is 5.91 Å². The van der Waals surface area contributed by atoms with Crippen LogP contribution in [0.15, 0.2) is 48.2 Å². The van der Waals surface area contributed by atoms with E-state index in [1.807, 2.05) is 12.1 Å². The molecule has 9 heteroatoms. The Morgan fingerprint density at radius 2 is 1.69 bits per heavy atom. The maximum atomic E-state index is 12.9. The SMILES string of the molecule is O=C1N[C@]2(CC[C@@H](OCC(F)(F)F)CC2)C(O)=C1c1cc(-c2ccc(Cl)cc2)ccc1Cl. The molecule has 1 saturated carbocycles. The van der Waals surface area contributed by atoms with Gasteiger partial charge < -0.3 is 15.2 Å². The van der Waals surface area contributed by atoms with Crippen molar-refractivity contribution in [3.8, 4) is 11.1 Å². The summed E-state index contributed by atoms with van der Waals surface area (Å²) in [7, 11) is 0. The van der Waals surface area contributed by atoms with Crippen LogP contribution in [0.25, 0.3) is 16.7 Å². The largest absolute Gasteiger partial charge is 0.509 e. The molecule has 1 amide bonds. The van der Waals surface area contributed by atoms with Crippen molar-refractivity contribution < 1.29 is 27.8 Å². The molecule has 4 nitrogen and oxygen atoms in total. The molecule has 1 aliphatic carbocycles. The number of amides is 1. The minimum Gasteiger partial charge on any atom is -0.509 e. The normalized spacial score (nSPS) is 23.7. The van der Waals surface area contributed by atoms with Crippen LogP contribution in [0.4, 0.5) is 13.2 Å². The highest BCUT2D eigenvalue weighted by molar-refractivity contribution is 6.36. The van der Waals surface area contributed by atoms with Crippen molar-refractivity contribution in [3.05, 3.63) is 63.8 Å². The second kappa shape index (κ2) is 8.61. The second-order valence-electron chi connectivity index (χ2n) is 8.09. The smallest absolute Gasteiger partial charge is 0.411 e. The van der Waals surface area contributed by atoms with Gasteiger partial charge in [-0.2, -0.15) is 13.2 Å². The first-order chi connectivity index (χ1) is 15.1. The molecule has 1 heterocycles. The van der Waals surface area contributed by atoms with E-state index in [0.29, 0.717) is 15.6 Å². The van der Waals surface area contributed by atoms with E-state index >= 15 is 0 Å². The van der Waals surface area contributed by atoms with Gasteiger partial charge in [0.05, 0.1) is 17.2 Å². The minimum atomic E-state index is -4.39. The third kappa shape index (κ3) is 4.60. The van der Waals surface area contributed by atoms with Crippen molar-refractivity contribution >= 4 is 34.7 Å². The quantitative estimate of drug-likeness (QED) is 0.532. The molecule has 0 radical (unpaired) electrons. The molecular weight excluding hydrogens is 466 g/mol. The van der Waals surface area contributed by atoms with Crippen LogP contribution in [0.2, 0.25) is 10.0 Å². The summed E-state index contributed by atoms with van der Waals surface area (Å²) < 4.78 is 42.2. The topological polar surface area (TPSA) is 58.6 Å². The van der Waals surface area contributed by atoms with Gasteiger partial charge in [-0.05, 0) is 61.1 Å². The van der Waals surface area contributed by atoms with Gasteiger partial charge in [-0.25, -0.2) is 0 Å². The zero-order valence-electron chi connectivity index (χ0n) is 16.8. The van der Waals surface area contributed by atoms with Crippen LogP contribution in [-0.2, 0) is 9.53 Å². The molecule has 1 aliphatic heterocycles. The van der Waals surface area contributed by atoms with Crippen LogP contribution in [-0.4, -0.2) is 35.4 Å². The minimum absolute atomic E-state index is 0.0838. The average molecular weight is 486 g/mol. The van der Waals surface area contributed by atoms with Crippen LogP contribution in [0, 0.1) is 0 Å². The van der Waals surface area contributed by atoms with Crippen molar-refractivity contribution in [1.29, 1.82) is 0 Å². The van der Waals surface area contributed by atoms with E-state index in [-0.39, 0.29) is 37.0 Å². The summed E-state index contributed by atoms with van der Waals surface area (Å²) in [5.74, 6) is -0.598. The molecule has 0 aromatic heterocycles. The Balaban J connectivity index is 1.60. The van der Waals surface area contributed by atoms with E-state index in [0.717, 1.165) is 11.1 Å². The lowest BCUT2D eigenvalue weighted by molar-refractivity contribution is -0.188. The molecule has 2 aliphatic rings. The predicted molar refractivity (Wildman–Crippen MR) is 117 cm³/mol. The summed E-state index contributed by atoms with van der Waals surface area (Å²) in [5, 5.41) is 14.8. The monoisotopic (exact) mass is 485 g/mol. The van der Waals surface area contributed by atoms with Crippen molar-refractivity contribution in [2.45, 2.75) is 43.5 Å². The highest BCUT2D eigenvalue weighted by atomic mass is 35.5. The van der Waals surface area contributed by atoms with Crippen LogP contribution in [0.5, 0.6) is 0 Å². The van der Waals surface area contributed by atoms with Gasteiger partial charge >= 0.3 is 6.18 Å². The van der Waals surface area contributed by atoms with Gasteiger partial charge in [0.2, 0.25) is 0 Å². The Bertz CT molecular complexity index is 1060. The molecule has 0 atom stereocenters. The molecule has 2 aromatic carbocycles. The highest BCUT2D eigenvalue weighted by Crippen LogP contribution is 2.44. The maximum absolute atomic E-state index is 12.9. The number of aliphatic hydroxyl groups excluding tert-OH is 1. The Morgan fingerprint density at radius 3 is 2.31 bits per heavy atom. The fraction of sp³-hybridized carbons (Fsp3) is 0.348. The first kappa shape index (κ1) is 23.0. The van der Waals surface area contributed by atoms with Crippen molar-refractivity contribution in [3.63, 3.8) is 0 Å². The van der Waals surface area contributed by atoms with Crippen molar-refractivity contribution in [2.75, 3.05) is 6.61 Å². The van der Waals surface area contributed by atoms with E-state index in [4.69, 9.17) is 27.9 Å². The number of alkyl halides is 3. The van der Waals surface area contributed by atoms with Gasteiger partial charge in [-0.1, -0.05) is 41.4 Å². The molecule has 0 bridgehead atoms. The summed E-state index contributed by atoms with van der Waals surface area (Å²) in [4.78, 5) is 12.9. The average Bonchev–Trinajstić information content (AvgIpc) is 2.97. The van der Waals surface area contributed by atoms with Gasteiger partial charge in [0.15, 0.2) is 0 Å². The van der Waals surface area contributed by atoms with E-state index in [9.17, 15) is 23.1 Å². The second-order valence-corrected chi connectivity index (χ2v) is 8.93. The van der Waals surface area contributed by atoms with E-state index in [2.05, 4.69) is 5.32 Å². The molecular formula is C23H20Cl2F3NO3. The van der Waals surface area contributed by atoms with Crippen LogP contribution in [0.1, 0.15) is 31.2 Å². The number of halogens is 5. The molecule has 1 fully saturated rings. The summed E-state index contributed by atoms with van der Waals surface area (Å²) >= 11 is 12.3. The number of carbonyl (C=O) groups excluding carboxylic acids is 1. The number of rotatable bonds is 4. The van der Waals surface area contributed by atoms with Crippen molar-refractivity contribution in [2.24, 2.45) is 0 Å². The number of benzene rings is 2. The Kier molecular flexibility index (Phi) is 6.18. The Morgan fingerprint density at radius 1 is 1.06 bits per heavy atom. The highest BCUT2D eigenvalue weighted by Gasteiger charge is 2.48. The third-order valence-electron chi connectivity index (χ3n) is 5.95. The molecule has 0 unspecified atom stereocenters. The number of aliphatic hydroxyl groups is 1. The lowest BCUT2D eigenvalue weighted by Gasteiger charge is -2.37. The standard InChI is InChI=1S/C23H20Cl2F3NO3/c24-15-4-1-13(2-5-15)14-3-6-18(25)17(11-14)19-20(30)22(29-21(19)31)9-7-16(8-10-22)32-12-23(26,27)28/h1-6,11,16,30H,7-10,12H2,(H,29,31)/t16-,22+. The van der Waals surface area contributed by atoms with Gasteiger partial charge in [0.1, 0.15) is 12.4 Å². The zero-order chi connectivity index (χ0) is 23.1. The first-order valence-corrected chi connectivity index (χ1v) is 10.8. The molecule has 2 aromatic rings. The molecule has 1 spiro atoms.